The van der Waals surface area contributed by atoms with Crippen molar-refractivity contribution in [3.8, 4) is 0 Å². The van der Waals surface area contributed by atoms with Crippen molar-refractivity contribution in [2.45, 2.75) is 33.0 Å². The van der Waals surface area contributed by atoms with E-state index < -0.39 is 0 Å². The topological polar surface area (TPSA) is 62.6 Å². The van der Waals surface area contributed by atoms with Crippen LogP contribution in [0.25, 0.3) is 10.8 Å². The van der Waals surface area contributed by atoms with Crippen molar-refractivity contribution in [2.24, 2.45) is 4.99 Å². The monoisotopic (exact) mass is 525 g/mol. The number of hydrogen-bond donors (Lipinski definition) is 1. The Morgan fingerprint density at radius 1 is 1.31 bits per heavy atom. The fourth-order valence-corrected chi connectivity index (χ4v) is 3.77. The van der Waals surface area contributed by atoms with Crippen molar-refractivity contribution in [1.82, 2.24) is 20.2 Å². The van der Waals surface area contributed by atoms with E-state index in [4.69, 9.17) is 9.73 Å². The second-order valence-corrected chi connectivity index (χ2v) is 7.45. The van der Waals surface area contributed by atoms with Crippen LogP contribution in [0.3, 0.4) is 0 Å². The molecule has 1 aromatic carbocycles. The number of ether oxygens (including phenoxy) is 1. The van der Waals surface area contributed by atoms with Gasteiger partial charge >= 0.3 is 0 Å². The molecule has 0 saturated carbocycles. The summed E-state index contributed by atoms with van der Waals surface area (Å²) in [5.41, 5.74) is 1.99. The van der Waals surface area contributed by atoms with Gasteiger partial charge in [0.2, 0.25) is 0 Å². The third-order valence-corrected chi connectivity index (χ3v) is 5.56. The molecule has 2 aromatic heterocycles. The quantitative estimate of drug-likeness (QED) is 0.277. The molecule has 6 nitrogen and oxygen atoms in total. The number of pyridine rings is 1. The molecule has 0 saturated heterocycles. The number of rotatable bonds is 7. The Kier molecular flexibility index (Phi) is 9.25. The summed E-state index contributed by atoms with van der Waals surface area (Å²) in [4.78, 5) is 16.1. The van der Waals surface area contributed by atoms with Gasteiger partial charge in [-0.2, -0.15) is 0 Å². The molecule has 1 unspecified atom stereocenters. The van der Waals surface area contributed by atoms with Gasteiger partial charge in [-0.3, -0.25) is 4.98 Å². The highest BCUT2D eigenvalue weighted by Crippen LogP contribution is 2.21. The zero-order chi connectivity index (χ0) is 19.9. The number of nitrogens with one attached hydrogen (secondary N) is 1. The summed E-state index contributed by atoms with van der Waals surface area (Å²) in [5, 5.41) is 8.76. The molecule has 8 heteroatoms. The SMILES string of the molecule is CCNC(=NCc1nccc2ccccc12)N(C)Cc1csc(C(C)OC)n1.I. The number of methoxy groups -OCH3 is 1. The highest BCUT2D eigenvalue weighted by molar-refractivity contribution is 14.0. The molecule has 0 radical (unpaired) electrons. The van der Waals surface area contributed by atoms with E-state index in [0.29, 0.717) is 13.1 Å². The summed E-state index contributed by atoms with van der Waals surface area (Å²) in [6.07, 6.45) is 1.86. The molecule has 29 heavy (non-hydrogen) atoms. The van der Waals surface area contributed by atoms with Crippen molar-refractivity contribution in [2.75, 3.05) is 20.7 Å². The molecular formula is C21H28IN5OS. The van der Waals surface area contributed by atoms with Gasteiger partial charge in [-0.05, 0) is 25.3 Å². The molecule has 1 atom stereocenters. The minimum atomic E-state index is 0. The summed E-state index contributed by atoms with van der Waals surface area (Å²) >= 11 is 1.63. The average molecular weight is 525 g/mol. The van der Waals surface area contributed by atoms with Crippen LogP contribution in [-0.4, -0.2) is 41.5 Å². The Balaban J connectivity index is 0.00000300. The molecule has 0 fully saturated rings. The maximum atomic E-state index is 5.35. The number of benzene rings is 1. The lowest BCUT2D eigenvalue weighted by Gasteiger charge is -2.21. The van der Waals surface area contributed by atoms with Crippen LogP contribution >= 0.6 is 35.3 Å². The van der Waals surface area contributed by atoms with Crippen LogP contribution < -0.4 is 5.32 Å². The number of halogens is 1. The van der Waals surface area contributed by atoms with Gasteiger partial charge in [0.15, 0.2) is 5.96 Å². The van der Waals surface area contributed by atoms with Crippen LogP contribution in [0.5, 0.6) is 0 Å². The lowest BCUT2D eigenvalue weighted by Crippen LogP contribution is -2.38. The van der Waals surface area contributed by atoms with E-state index >= 15 is 0 Å². The van der Waals surface area contributed by atoms with Crippen LogP contribution in [0, 0.1) is 0 Å². The first-order chi connectivity index (χ1) is 13.6. The fourth-order valence-electron chi connectivity index (χ4n) is 2.93. The third kappa shape index (κ3) is 6.10. The highest BCUT2D eigenvalue weighted by atomic mass is 127. The standard InChI is InChI=1S/C21H27N5OS.HI/c1-5-22-21(26(3)13-17-14-28-20(25-17)15(2)27-4)24-12-19-18-9-7-6-8-16(18)10-11-23-19;/h6-11,14-15H,5,12-13H2,1-4H3,(H,22,24);1H. The normalized spacial score (nSPS) is 12.5. The Labute approximate surface area is 193 Å². The predicted octanol–water partition coefficient (Wildman–Crippen LogP) is 4.61. The van der Waals surface area contributed by atoms with Gasteiger partial charge in [0.25, 0.3) is 0 Å². The summed E-state index contributed by atoms with van der Waals surface area (Å²) in [6.45, 7) is 6.09. The first-order valence-electron chi connectivity index (χ1n) is 9.41. The van der Waals surface area contributed by atoms with Crippen molar-refractivity contribution in [3.05, 3.63) is 58.3 Å². The molecule has 0 bridgehead atoms. The lowest BCUT2D eigenvalue weighted by molar-refractivity contribution is 0.119. The Bertz CT molecular complexity index is 940. The summed E-state index contributed by atoms with van der Waals surface area (Å²) in [5.74, 6) is 0.839. The molecule has 1 N–H and O–H groups in total. The zero-order valence-electron chi connectivity index (χ0n) is 17.3. The average Bonchev–Trinajstić information content (AvgIpc) is 3.18. The lowest BCUT2D eigenvalue weighted by atomic mass is 10.1. The van der Waals surface area contributed by atoms with Gasteiger partial charge in [0, 0.05) is 37.7 Å². The first-order valence-corrected chi connectivity index (χ1v) is 10.3. The van der Waals surface area contributed by atoms with Gasteiger partial charge in [-0.15, -0.1) is 35.3 Å². The molecule has 156 valence electrons. The van der Waals surface area contributed by atoms with Gasteiger partial charge in [-0.25, -0.2) is 9.98 Å². The maximum absolute atomic E-state index is 5.35. The van der Waals surface area contributed by atoms with Gasteiger partial charge in [0.05, 0.1) is 24.5 Å². The minimum Gasteiger partial charge on any atom is -0.375 e. The Morgan fingerprint density at radius 3 is 2.86 bits per heavy atom. The number of aromatic nitrogens is 2. The highest BCUT2D eigenvalue weighted by Gasteiger charge is 2.13. The van der Waals surface area contributed by atoms with E-state index in [-0.39, 0.29) is 30.1 Å². The molecule has 2 heterocycles. The number of nitrogens with zero attached hydrogens (tertiary/aromatic N) is 4. The van der Waals surface area contributed by atoms with Gasteiger partial charge < -0.3 is 15.0 Å². The molecule has 0 amide bonds. The van der Waals surface area contributed by atoms with Crippen molar-refractivity contribution >= 4 is 52.0 Å². The molecule has 0 aliphatic heterocycles. The van der Waals surface area contributed by atoms with Crippen molar-refractivity contribution < 1.29 is 4.74 Å². The van der Waals surface area contributed by atoms with E-state index in [1.54, 1.807) is 18.4 Å². The second-order valence-electron chi connectivity index (χ2n) is 6.56. The van der Waals surface area contributed by atoms with E-state index in [2.05, 4.69) is 44.6 Å². The molecule has 3 aromatic rings. The second kappa shape index (κ2) is 11.4. The summed E-state index contributed by atoms with van der Waals surface area (Å²) in [6, 6.07) is 10.3. The third-order valence-electron chi connectivity index (χ3n) is 4.50. The number of hydrogen-bond acceptors (Lipinski definition) is 5. The van der Waals surface area contributed by atoms with Crippen LogP contribution in [-0.2, 0) is 17.8 Å². The minimum absolute atomic E-state index is 0. The number of fused-ring (bicyclic) bond motifs is 1. The van der Waals surface area contributed by atoms with Crippen molar-refractivity contribution in [1.29, 1.82) is 0 Å². The predicted molar refractivity (Wildman–Crippen MR) is 131 cm³/mol. The number of thiazole rings is 1. The summed E-state index contributed by atoms with van der Waals surface area (Å²) < 4.78 is 5.35. The van der Waals surface area contributed by atoms with Gasteiger partial charge in [0.1, 0.15) is 11.1 Å². The molecule has 0 aliphatic rings. The van der Waals surface area contributed by atoms with Gasteiger partial charge in [-0.1, -0.05) is 24.3 Å². The smallest absolute Gasteiger partial charge is 0.194 e. The maximum Gasteiger partial charge on any atom is 0.194 e. The summed E-state index contributed by atoms with van der Waals surface area (Å²) in [7, 11) is 3.73. The Hall–Kier alpha value is -1.78. The Morgan fingerprint density at radius 2 is 2.10 bits per heavy atom. The number of guanidine groups is 1. The van der Waals surface area contributed by atoms with E-state index in [9.17, 15) is 0 Å². The molecular weight excluding hydrogens is 497 g/mol. The molecule has 0 aliphatic carbocycles. The van der Waals surface area contributed by atoms with E-state index in [1.165, 1.54) is 5.39 Å². The van der Waals surface area contributed by atoms with Crippen LogP contribution in [0.2, 0.25) is 0 Å². The van der Waals surface area contributed by atoms with E-state index in [1.807, 2.05) is 38.4 Å². The van der Waals surface area contributed by atoms with Crippen LogP contribution in [0.15, 0.2) is 46.9 Å². The largest absolute Gasteiger partial charge is 0.375 e. The first kappa shape index (κ1) is 23.5. The van der Waals surface area contributed by atoms with Crippen molar-refractivity contribution in [3.63, 3.8) is 0 Å². The molecule has 0 spiro atoms. The number of aliphatic imine (C=N–C) groups is 1. The molecule has 3 rings (SSSR count). The fraction of sp³-hybridized carbons (Fsp3) is 0.381. The van der Waals surface area contributed by atoms with E-state index in [0.717, 1.165) is 34.3 Å². The van der Waals surface area contributed by atoms with Crippen LogP contribution in [0.4, 0.5) is 0 Å². The zero-order valence-corrected chi connectivity index (χ0v) is 20.4. The van der Waals surface area contributed by atoms with Crippen LogP contribution in [0.1, 0.15) is 36.3 Å².